The van der Waals surface area contributed by atoms with Gasteiger partial charge in [-0.15, -0.1) is 13.2 Å². The van der Waals surface area contributed by atoms with Crippen molar-refractivity contribution in [1.82, 2.24) is 9.80 Å². The number of aliphatic hydroxyl groups excluding tert-OH is 1. The van der Waals surface area contributed by atoms with Gasteiger partial charge in [0.25, 0.3) is 0 Å². The van der Waals surface area contributed by atoms with Crippen molar-refractivity contribution in [1.29, 1.82) is 0 Å². The van der Waals surface area contributed by atoms with Crippen LogP contribution in [-0.4, -0.2) is 88.8 Å². The first-order valence-corrected chi connectivity index (χ1v) is 16.3. The van der Waals surface area contributed by atoms with Crippen molar-refractivity contribution >= 4 is 23.4 Å². The third-order valence-electron chi connectivity index (χ3n) is 9.91. The second kappa shape index (κ2) is 13.9. The van der Waals surface area contributed by atoms with Crippen LogP contribution in [-0.2, 0) is 19.1 Å². The van der Waals surface area contributed by atoms with Gasteiger partial charge in [0.1, 0.15) is 17.4 Å². The van der Waals surface area contributed by atoms with Gasteiger partial charge in [-0.1, -0.05) is 46.3 Å². The molecule has 0 aromatic heterocycles. The zero-order valence-corrected chi connectivity index (χ0v) is 27.2. The van der Waals surface area contributed by atoms with Crippen LogP contribution in [0.25, 0.3) is 0 Å². The van der Waals surface area contributed by atoms with Gasteiger partial charge in [0.2, 0.25) is 17.7 Å². The van der Waals surface area contributed by atoms with Crippen molar-refractivity contribution in [2.24, 2.45) is 17.8 Å². The average molecular weight is 610 g/mol. The van der Waals surface area contributed by atoms with Gasteiger partial charge in [0, 0.05) is 25.3 Å². The summed E-state index contributed by atoms with van der Waals surface area (Å²) < 4.78 is 12.6. The molecule has 44 heavy (non-hydrogen) atoms. The summed E-state index contributed by atoms with van der Waals surface area (Å²) in [7, 11) is 0. The standard InChI is InChI=1S/C35H51N3O6/c1-8-13-22-36(20-9-2)33(42)30-35-19-18-34(11-4,44-35)28(29(35)32(41)38(30)27(23-39)24(6)7)31(40)37(21-10-3)25-14-16-26(17-15-25)43-12-5/h9-10,14-17,24,27-30,39H,2-3,8,11-13,18-23H2,1,4-7H3/t27-,28-,29-,30?,34+,35?/m0/s1. The van der Waals surface area contributed by atoms with Crippen molar-refractivity contribution < 1.29 is 29.0 Å². The molecule has 9 heteroatoms. The van der Waals surface area contributed by atoms with Crippen LogP contribution in [0.15, 0.2) is 49.6 Å². The Morgan fingerprint density at radius 3 is 2.34 bits per heavy atom. The SMILES string of the molecule is C=CCN(CCCC)C(=O)C1N([C@@H](CO)C(C)C)C(=O)[C@@H]2[C@@H](C(=O)N(CC=C)c3ccc(OCC)cc3)[C@@]3(CC)CCC12O3. The molecule has 1 N–H and O–H groups in total. The van der Waals surface area contributed by atoms with Crippen LogP contribution in [0, 0.1) is 17.8 Å². The molecule has 2 unspecified atom stereocenters. The molecule has 3 aliphatic rings. The van der Waals surface area contributed by atoms with Gasteiger partial charge in [0.05, 0.1) is 36.7 Å². The number of nitrogens with zero attached hydrogens (tertiary/aromatic N) is 3. The van der Waals surface area contributed by atoms with E-state index in [1.54, 1.807) is 26.9 Å². The molecule has 2 bridgehead atoms. The molecule has 9 nitrogen and oxygen atoms in total. The van der Waals surface area contributed by atoms with Crippen LogP contribution in [0.5, 0.6) is 5.75 Å². The van der Waals surface area contributed by atoms with E-state index < -0.39 is 35.1 Å². The molecule has 4 rings (SSSR count). The van der Waals surface area contributed by atoms with E-state index in [1.165, 1.54) is 0 Å². The third-order valence-corrected chi connectivity index (χ3v) is 9.91. The van der Waals surface area contributed by atoms with Crippen molar-refractivity contribution in [3.8, 4) is 5.75 Å². The molecule has 3 saturated heterocycles. The van der Waals surface area contributed by atoms with E-state index in [4.69, 9.17) is 9.47 Å². The molecule has 3 fully saturated rings. The number of aliphatic hydroxyl groups is 1. The molecule has 3 heterocycles. The molecular weight excluding hydrogens is 558 g/mol. The lowest BCUT2D eigenvalue weighted by molar-refractivity contribution is -0.157. The number of carbonyl (C=O) groups excluding carboxylic acids is 3. The summed E-state index contributed by atoms with van der Waals surface area (Å²) in [5.74, 6) is -1.78. The number of rotatable bonds is 16. The van der Waals surface area contributed by atoms with Crippen molar-refractivity contribution in [3.05, 3.63) is 49.6 Å². The lowest BCUT2D eigenvalue weighted by atomic mass is 9.64. The van der Waals surface area contributed by atoms with Crippen molar-refractivity contribution in [2.75, 3.05) is 37.7 Å². The quantitative estimate of drug-likeness (QED) is 0.275. The number of carbonyl (C=O) groups is 3. The summed E-state index contributed by atoms with van der Waals surface area (Å²) in [5, 5.41) is 10.6. The first kappa shape index (κ1) is 33.7. The Morgan fingerprint density at radius 2 is 1.80 bits per heavy atom. The number of fused-ring (bicyclic) bond motifs is 1. The maximum atomic E-state index is 14.8. The van der Waals surface area contributed by atoms with E-state index in [2.05, 4.69) is 20.1 Å². The van der Waals surface area contributed by atoms with E-state index in [0.717, 1.165) is 12.8 Å². The fraction of sp³-hybridized carbons (Fsp3) is 0.629. The molecular formula is C35H51N3O6. The smallest absolute Gasteiger partial charge is 0.248 e. The zero-order valence-electron chi connectivity index (χ0n) is 27.2. The highest BCUT2D eigenvalue weighted by Crippen LogP contribution is 2.65. The van der Waals surface area contributed by atoms with Gasteiger partial charge >= 0.3 is 0 Å². The van der Waals surface area contributed by atoms with Gasteiger partial charge in [-0.25, -0.2) is 0 Å². The Balaban J connectivity index is 1.83. The fourth-order valence-corrected chi connectivity index (χ4v) is 7.77. The molecule has 0 aliphatic carbocycles. The Hall–Kier alpha value is -3.17. The summed E-state index contributed by atoms with van der Waals surface area (Å²) >= 11 is 0. The van der Waals surface area contributed by atoms with Crippen molar-refractivity contribution in [3.63, 3.8) is 0 Å². The molecule has 0 radical (unpaired) electrons. The maximum Gasteiger partial charge on any atom is 0.248 e. The predicted molar refractivity (Wildman–Crippen MR) is 171 cm³/mol. The second-order valence-corrected chi connectivity index (χ2v) is 12.7. The fourth-order valence-electron chi connectivity index (χ4n) is 7.77. The minimum Gasteiger partial charge on any atom is -0.494 e. The summed E-state index contributed by atoms with van der Waals surface area (Å²) in [4.78, 5) is 49.1. The van der Waals surface area contributed by atoms with Gasteiger partial charge in [0.15, 0.2) is 0 Å². The highest BCUT2D eigenvalue weighted by molar-refractivity contribution is 6.03. The first-order chi connectivity index (χ1) is 21.1. The van der Waals surface area contributed by atoms with Crippen LogP contribution in [0.1, 0.15) is 66.7 Å². The number of likely N-dealkylation sites (tertiary alicyclic amines) is 1. The van der Waals surface area contributed by atoms with Gasteiger partial charge in [-0.3, -0.25) is 14.4 Å². The number of anilines is 1. The Labute approximate surface area is 262 Å². The number of hydrogen-bond acceptors (Lipinski definition) is 6. The molecule has 6 atom stereocenters. The largest absolute Gasteiger partial charge is 0.494 e. The van der Waals surface area contributed by atoms with Gasteiger partial charge in [-0.05, 0) is 62.8 Å². The predicted octanol–water partition coefficient (Wildman–Crippen LogP) is 4.59. The number of amides is 3. The lowest BCUT2D eigenvalue weighted by Gasteiger charge is -2.40. The Kier molecular flexibility index (Phi) is 10.6. The molecule has 1 aromatic carbocycles. The topological polar surface area (TPSA) is 99.6 Å². The Morgan fingerprint density at radius 1 is 1.11 bits per heavy atom. The summed E-state index contributed by atoms with van der Waals surface area (Å²) in [6.45, 7) is 19.0. The van der Waals surface area contributed by atoms with E-state index in [9.17, 15) is 19.5 Å². The van der Waals surface area contributed by atoms with Gasteiger partial charge < -0.3 is 29.3 Å². The Bertz CT molecular complexity index is 1220. The molecule has 1 aromatic rings. The monoisotopic (exact) mass is 609 g/mol. The van der Waals surface area contributed by atoms with Crippen LogP contribution in [0.4, 0.5) is 5.69 Å². The first-order valence-electron chi connectivity index (χ1n) is 16.3. The summed E-state index contributed by atoms with van der Waals surface area (Å²) in [5.41, 5.74) is -1.38. The molecule has 0 saturated carbocycles. The second-order valence-electron chi connectivity index (χ2n) is 12.7. The minimum atomic E-state index is -1.17. The van der Waals surface area contributed by atoms with Crippen LogP contribution in [0.2, 0.25) is 0 Å². The van der Waals surface area contributed by atoms with E-state index in [0.29, 0.717) is 50.4 Å². The summed E-state index contributed by atoms with van der Waals surface area (Å²) in [6, 6.07) is 5.79. The summed E-state index contributed by atoms with van der Waals surface area (Å²) in [6.07, 6.45) is 6.67. The number of unbranched alkanes of at least 4 members (excludes halogenated alkanes) is 1. The molecule has 242 valence electrons. The van der Waals surface area contributed by atoms with E-state index in [-0.39, 0.29) is 36.8 Å². The van der Waals surface area contributed by atoms with Gasteiger partial charge in [-0.2, -0.15) is 0 Å². The maximum absolute atomic E-state index is 14.8. The molecule has 3 amide bonds. The van der Waals surface area contributed by atoms with E-state index in [1.807, 2.05) is 52.0 Å². The lowest BCUT2D eigenvalue weighted by Crippen LogP contribution is -2.59. The number of hydrogen-bond donors (Lipinski definition) is 1. The number of benzene rings is 1. The van der Waals surface area contributed by atoms with E-state index >= 15 is 0 Å². The van der Waals surface area contributed by atoms with Crippen LogP contribution in [0.3, 0.4) is 0 Å². The molecule has 3 aliphatic heterocycles. The van der Waals surface area contributed by atoms with Crippen LogP contribution >= 0.6 is 0 Å². The molecule has 1 spiro atoms. The zero-order chi connectivity index (χ0) is 32.2. The number of ether oxygens (including phenoxy) is 2. The van der Waals surface area contributed by atoms with Crippen molar-refractivity contribution in [2.45, 2.75) is 90.0 Å². The highest BCUT2D eigenvalue weighted by atomic mass is 16.5. The average Bonchev–Trinajstić information content (AvgIpc) is 3.62. The minimum absolute atomic E-state index is 0.120. The third kappa shape index (κ3) is 5.58. The van der Waals surface area contributed by atoms with Crippen LogP contribution < -0.4 is 9.64 Å². The highest BCUT2D eigenvalue weighted by Gasteiger charge is 2.79. The normalized spacial score (nSPS) is 27.8.